The first-order chi connectivity index (χ1) is 15.2. The van der Waals surface area contributed by atoms with E-state index in [9.17, 15) is 4.79 Å². The normalized spacial score (nSPS) is 55.0. The lowest BCUT2D eigenvalue weighted by atomic mass is 9.57. The summed E-state index contributed by atoms with van der Waals surface area (Å²) in [6.45, 7) is 13.3. The maximum absolute atomic E-state index is 12.1. The molecular formula is C28H44N2O2. The summed E-state index contributed by atoms with van der Waals surface area (Å²) in [5, 5.41) is 7.26. The number of amides is 1. The van der Waals surface area contributed by atoms with Crippen LogP contribution >= 0.6 is 0 Å². The second-order valence-electron chi connectivity index (χ2n) is 13.3. The molecule has 32 heavy (non-hydrogen) atoms. The predicted octanol–water partition coefficient (Wildman–Crippen LogP) is 4.98. The third-order valence-electron chi connectivity index (χ3n) is 11.4. The maximum Gasteiger partial charge on any atom is 0.220 e. The van der Waals surface area contributed by atoms with Gasteiger partial charge in [0.05, 0.1) is 11.2 Å². The molecule has 0 aromatic rings. The van der Waals surface area contributed by atoms with Crippen molar-refractivity contribution in [3.63, 3.8) is 0 Å². The molecule has 0 radical (unpaired) electrons. The summed E-state index contributed by atoms with van der Waals surface area (Å²) in [7, 11) is 0. The first-order valence-electron chi connectivity index (χ1n) is 13.6. The first-order valence-corrected chi connectivity index (χ1v) is 13.6. The predicted molar refractivity (Wildman–Crippen MR) is 127 cm³/mol. The fourth-order valence-electron chi connectivity index (χ4n) is 9.91. The number of rotatable bonds is 0. The van der Waals surface area contributed by atoms with E-state index in [1.165, 1.54) is 38.5 Å². The Labute approximate surface area is 194 Å². The van der Waals surface area contributed by atoms with Crippen LogP contribution in [0.1, 0.15) is 92.4 Å². The van der Waals surface area contributed by atoms with Crippen molar-refractivity contribution >= 4 is 5.91 Å². The zero-order valence-corrected chi connectivity index (χ0v) is 20.9. The molecule has 10 atom stereocenters. The van der Waals surface area contributed by atoms with Gasteiger partial charge in [-0.2, -0.15) is 0 Å². The minimum atomic E-state index is -0.0180. The largest absolute Gasteiger partial charge is 0.367 e. The highest BCUT2D eigenvalue weighted by molar-refractivity contribution is 5.77. The van der Waals surface area contributed by atoms with Gasteiger partial charge in [-0.05, 0) is 101 Å². The van der Waals surface area contributed by atoms with Crippen LogP contribution < -0.4 is 10.6 Å². The van der Waals surface area contributed by atoms with Gasteiger partial charge in [-0.1, -0.05) is 31.9 Å². The van der Waals surface area contributed by atoms with Crippen LogP contribution in [0.25, 0.3) is 0 Å². The Balaban J connectivity index is 1.29. The Morgan fingerprint density at radius 2 is 1.91 bits per heavy atom. The third kappa shape index (κ3) is 2.90. The van der Waals surface area contributed by atoms with Crippen molar-refractivity contribution in [3.8, 4) is 0 Å². The number of hydrogen-bond donors (Lipinski definition) is 2. The highest BCUT2D eigenvalue weighted by atomic mass is 16.5. The Kier molecular flexibility index (Phi) is 4.78. The van der Waals surface area contributed by atoms with E-state index >= 15 is 0 Å². The molecule has 4 heteroatoms. The molecule has 1 amide bonds. The summed E-state index contributed by atoms with van der Waals surface area (Å²) in [5.41, 5.74) is 3.70. The number of carbonyl (C=O) groups is 1. The van der Waals surface area contributed by atoms with Gasteiger partial charge in [-0.3, -0.25) is 4.79 Å². The summed E-state index contributed by atoms with van der Waals surface area (Å²) in [6.07, 6.45) is 10.3. The molecule has 3 aliphatic heterocycles. The molecule has 5 fully saturated rings. The van der Waals surface area contributed by atoms with Gasteiger partial charge in [0.2, 0.25) is 5.91 Å². The summed E-state index contributed by atoms with van der Waals surface area (Å²) < 4.78 is 7.19. The zero-order valence-electron chi connectivity index (χ0n) is 20.9. The van der Waals surface area contributed by atoms with Gasteiger partial charge in [0.1, 0.15) is 0 Å². The molecule has 2 N–H and O–H groups in total. The Morgan fingerprint density at radius 1 is 1.09 bits per heavy atom. The van der Waals surface area contributed by atoms with E-state index in [0.29, 0.717) is 23.9 Å². The van der Waals surface area contributed by atoms with Crippen LogP contribution in [0.3, 0.4) is 0 Å². The van der Waals surface area contributed by atoms with Gasteiger partial charge >= 0.3 is 0 Å². The van der Waals surface area contributed by atoms with Crippen LogP contribution in [0.2, 0.25) is 0 Å². The second-order valence-corrected chi connectivity index (χ2v) is 13.3. The van der Waals surface area contributed by atoms with Crippen molar-refractivity contribution in [3.05, 3.63) is 11.1 Å². The summed E-state index contributed by atoms with van der Waals surface area (Å²) in [4.78, 5) is 12.1. The highest BCUT2D eigenvalue weighted by Crippen LogP contribution is 2.63. The Hall–Kier alpha value is -0.870. The molecule has 0 aromatic heterocycles. The number of carbonyl (C=O) groups excluding carboxylic acids is 1. The molecule has 1 spiro atoms. The van der Waals surface area contributed by atoms with Gasteiger partial charge in [0, 0.05) is 24.4 Å². The molecular weight excluding hydrogens is 396 g/mol. The van der Waals surface area contributed by atoms with E-state index in [1.54, 1.807) is 11.1 Å². The molecule has 3 saturated heterocycles. The fourth-order valence-corrected chi connectivity index (χ4v) is 9.91. The minimum Gasteiger partial charge on any atom is -0.367 e. The number of ether oxygens (including phenoxy) is 1. The molecule has 3 aliphatic carbocycles. The SMILES string of the molecule is CC1=C2C[C@H]3C(CC[C@H]4NC(=O)CC[C@@]43C)[C@@H]2CC[C@@]2(C1)OC1(C)C[C@H](C)CN[C@H]1[C@H]2C. The number of fused-ring (bicyclic) bond motifs is 6. The van der Waals surface area contributed by atoms with Crippen LogP contribution in [0.15, 0.2) is 11.1 Å². The van der Waals surface area contributed by atoms with Crippen LogP contribution in [0.4, 0.5) is 0 Å². The van der Waals surface area contributed by atoms with E-state index < -0.39 is 0 Å². The van der Waals surface area contributed by atoms with Gasteiger partial charge in [0.25, 0.3) is 0 Å². The van der Waals surface area contributed by atoms with Crippen molar-refractivity contribution in [2.45, 2.75) is 116 Å². The van der Waals surface area contributed by atoms with Crippen LogP contribution in [-0.2, 0) is 9.53 Å². The van der Waals surface area contributed by atoms with Crippen LogP contribution in [0, 0.1) is 35.0 Å². The van der Waals surface area contributed by atoms with Crippen LogP contribution in [-0.4, -0.2) is 35.7 Å². The molecule has 178 valence electrons. The number of hydrogen-bond acceptors (Lipinski definition) is 3. The topological polar surface area (TPSA) is 50.4 Å². The molecule has 2 unspecified atom stereocenters. The van der Waals surface area contributed by atoms with Crippen molar-refractivity contribution in [1.82, 2.24) is 10.6 Å². The van der Waals surface area contributed by atoms with E-state index in [1.807, 2.05) is 0 Å². The van der Waals surface area contributed by atoms with E-state index in [0.717, 1.165) is 43.6 Å². The quantitative estimate of drug-likeness (QED) is 0.522. The first kappa shape index (κ1) is 21.6. The fraction of sp³-hybridized carbons (Fsp3) is 0.893. The zero-order chi connectivity index (χ0) is 22.5. The molecule has 3 heterocycles. The molecule has 4 nitrogen and oxygen atoms in total. The molecule has 0 bridgehead atoms. The second kappa shape index (κ2) is 7.07. The van der Waals surface area contributed by atoms with Gasteiger partial charge in [0.15, 0.2) is 0 Å². The molecule has 2 saturated carbocycles. The average Bonchev–Trinajstić information content (AvgIpc) is 3.16. The van der Waals surface area contributed by atoms with Gasteiger partial charge < -0.3 is 15.4 Å². The van der Waals surface area contributed by atoms with Crippen molar-refractivity contribution in [2.24, 2.45) is 35.0 Å². The van der Waals surface area contributed by atoms with Crippen molar-refractivity contribution in [2.75, 3.05) is 6.54 Å². The smallest absolute Gasteiger partial charge is 0.220 e. The summed E-state index contributed by atoms with van der Waals surface area (Å²) in [5.74, 6) is 3.82. The minimum absolute atomic E-state index is 0.00726. The van der Waals surface area contributed by atoms with Crippen LogP contribution in [0.5, 0.6) is 0 Å². The lowest BCUT2D eigenvalue weighted by Gasteiger charge is -2.52. The Morgan fingerprint density at radius 3 is 2.72 bits per heavy atom. The number of nitrogens with one attached hydrogen (secondary N) is 2. The Bertz CT molecular complexity index is 852. The molecule has 0 aromatic carbocycles. The molecule has 6 rings (SSSR count). The third-order valence-corrected chi connectivity index (χ3v) is 11.4. The lowest BCUT2D eigenvalue weighted by Crippen LogP contribution is -2.57. The van der Waals surface area contributed by atoms with E-state index in [2.05, 4.69) is 45.3 Å². The average molecular weight is 441 g/mol. The molecule has 6 aliphatic rings. The lowest BCUT2D eigenvalue weighted by molar-refractivity contribution is -0.131. The maximum atomic E-state index is 12.1. The summed E-state index contributed by atoms with van der Waals surface area (Å²) >= 11 is 0. The van der Waals surface area contributed by atoms with E-state index in [4.69, 9.17) is 4.74 Å². The van der Waals surface area contributed by atoms with Crippen molar-refractivity contribution < 1.29 is 9.53 Å². The standard InChI is InChI=1S/C28H44N2O2/c1-16-13-27(5)25(29-15-16)18(3)28(32-27)11-8-19-20-6-7-23-26(4,10-9-24(31)30-23)22(20)12-21(19)17(2)14-28/h16,18-20,22-23,25,29H,6-15H2,1-5H3,(H,30,31)/t16-,18+,19-,20?,22-,23+,25-,26+,27?,28-/m0/s1. The van der Waals surface area contributed by atoms with E-state index in [-0.39, 0.29) is 22.5 Å². The monoisotopic (exact) mass is 440 g/mol. The van der Waals surface area contributed by atoms with Gasteiger partial charge in [-0.15, -0.1) is 0 Å². The van der Waals surface area contributed by atoms with Gasteiger partial charge in [-0.25, -0.2) is 0 Å². The van der Waals surface area contributed by atoms with Crippen molar-refractivity contribution in [1.29, 1.82) is 0 Å². The number of allylic oxidation sites excluding steroid dienone is 1. The summed E-state index contributed by atoms with van der Waals surface area (Å²) in [6, 6.07) is 0.885. The highest BCUT2D eigenvalue weighted by Gasteiger charge is 2.62. The number of piperidine rings is 2.